The highest BCUT2D eigenvalue weighted by molar-refractivity contribution is 5.82. The van der Waals surface area contributed by atoms with E-state index in [-0.39, 0.29) is 18.6 Å². The van der Waals surface area contributed by atoms with E-state index in [1.807, 2.05) is 0 Å². The summed E-state index contributed by atoms with van der Waals surface area (Å²) in [5, 5.41) is 9.51. The molecule has 1 saturated heterocycles. The second-order valence-electron chi connectivity index (χ2n) is 7.83. The van der Waals surface area contributed by atoms with Crippen LogP contribution in [-0.2, 0) is 4.79 Å². The number of ketones is 1. The van der Waals surface area contributed by atoms with Crippen molar-refractivity contribution >= 4 is 5.78 Å². The molecule has 2 rings (SSSR count). The van der Waals surface area contributed by atoms with Crippen molar-refractivity contribution < 1.29 is 9.90 Å². The Bertz CT molecular complexity index is 334. The molecule has 3 heteroatoms. The molecule has 1 aliphatic carbocycles. The lowest BCUT2D eigenvalue weighted by Gasteiger charge is -2.41. The number of carbonyl (C=O) groups excluding carboxylic acids is 1. The molecule has 20 heavy (non-hydrogen) atoms. The van der Waals surface area contributed by atoms with Gasteiger partial charge in [-0.1, -0.05) is 27.2 Å². The van der Waals surface area contributed by atoms with Crippen LogP contribution in [0.2, 0.25) is 0 Å². The molecule has 1 saturated carbocycles. The Morgan fingerprint density at radius 2 is 2.00 bits per heavy atom. The van der Waals surface area contributed by atoms with Crippen molar-refractivity contribution in [2.75, 3.05) is 19.7 Å². The molecule has 2 fully saturated rings. The summed E-state index contributed by atoms with van der Waals surface area (Å²) in [6.07, 6.45) is 6.36. The van der Waals surface area contributed by atoms with E-state index in [0.717, 1.165) is 38.8 Å². The Labute approximate surface area is 123 Å². The molecule has 0 amide bonds. The Kier molecular flexibility index (Phi) is 5.25. The zero-order chi connectivity index (χ0) is 14.8. The van der Waals surface area contributed by atoms with Crippen molar-refractivity contribution in [1.82, 2.24) is 4.90 Å². The van der Waals surface area contributed by atoms with Gasteiger partial charge in [-0.15, -0.1) is 0 Å². The van der Waals surface area contributed by atoms with Gasteiger partial charge in [-0.3, -0.25) is 9.69 Å². The SMILES string of the molecule is CC(C)(C)C1CCC(=O)C(CN2CCCCC2CO)C1. The standard InChI is InChI=1S/C17H31NO2/c1-17(2,3)14-7-8-16(20)13(10-14)11-18-9-5-4-6-15(18)12-19/h13-15,19H,4-12H2,1-3H3. The van der Waals surface area contributed by atoms with Crippen molar-refractivity contribution in [3.8, 4) is 0 Å². The maximum Gasteiger partial charge on any atom is 0.137 e. The molecular formula is C17H31NO2. The second kappa shape index (κ2) is 6.57. The fourth-order valence-corrected chi connectivity index (χ4v) is 3.87. The molecule has 0 bridgehead atoms. The Morgan fingerprint density at radius 3 is 2.65 bits per heavy atom. The summed E-state index contributed by atoms with van der Waals surface area (Å²) in [6, 6.07) is 0.284. The zero-order valence-electron chi connectivity index (χ0n) is 13.4. The van der Waals surface area contributed by atoms with Crippen LogP contribution in [0.1, 0.15) is 59.3 Å². The van der Waals surface area contributed by atoms with Gasteiger partial charge in [0, 0.05) is 24.9 Å². The number of nitrogens with zero attached hydrogens (tertiary/aromatic N) is 1. The van der Waals surface area contributed by atoms with Crippen LogP contribution in [0.5, 0.6) is 0 Å². The molecule has 1 N–H and O–H groups in total. The lowest BCUT2D eigenvalue weighted by molar-refractivity contribution is -0.127. The van der Waals surface area contributed by atoms with E-state index in [1.165, 1.54) is 12.8 Å². The van der Waals surface area contributed by atoms with E-state index in [2.05, 4.69) is 25.7 Å². The predicted molar refractivity (Wildman–Crippen MR) is 81.6 cm³/mol. The monoisotopic (exact) mass is 281 g/mol. The minimum atomic E-state index is 0.195. The van der Waals surface area contributed by atoms with Gasteiger partial charge in [0.1, 0.15) is 5.78 Å². The molecule has 0 aromatic heterocycles. The Morgan fingerprint density at radius 1 is 1.25 bits per heavy atom. The average molecular weight is 281 g/mol. The van der Waals surface area contributed by atoms with Crippen LogP contribution in [0.3, 0.4) is 0 Å². The molecule has 3 atom stereocenters. The fraction of sp³-hybridized carbons (Fsp3) is 0.941. The summed E-state index contributed by atoms with van der Waals surface area (Å²) in [5.74, 6) is 1.30. The minimum absolute atomic E-state index is 0.195. The molecule has 3 nitrogen and oxygen atoms in total. The van der Waals surface area contributed by atoms with Crippen molar-refractivity contribution in [3.63, 3.8) is 0 Å². The summed E-state index contributed by atoms with van der Waals surface area (Å²) >= 11 is 0. The lowest BCUT2D eigenvalue weighted by Crippen LogP contribution is -2.47. The van der Waals surface area contributed by atoms with E-state index in [9.17, 15) is 9.90 Å². The van der Waals surface area contributed by atoms with Crippen LogP contribution in [0.15, 0.2) is 0 Å². The molecule has 0 aromatic carbocycles. The van der Waals surface area contributed by atoms with Crippen LogP contribution in [0, 0.1) is 17.3 Å². The Hall–Kier alpha value is -0.410. The largest absolute Gasteiger partial charge is 0.395 e. The molecule has 2 aliphatic rings. The minimum Gasteiger partial charge on any atom is -0.395 e. The van der Waals surface area contributed by atoms with Crippen LogP contribution in [-0.4, -0.2) is 41.5 Å². The highest BCUT2D eigenvalue weighted by atomic mass is 16.3. The zero-order valence-corrected chi connectivity index (χ0v) is 13.4. The first-order valence-electron chi connectivity index (χ1n) is 8.29. The number of rotatable bonds is 3. The van der Waals surface area contributed by atoms with Crippen molar-refractivity contribution in [2.24, 2.45) is 17.3 Å². The van der Waals surface area contributed by atoms with Gasteiger partial charge in [0.15, 0.2) is 0 Å². The van der Waals surface area contributed by atoms with E-state index < -0.39 is 0 Å². The van der Waals surface area contributed by atoms with Crippen molar-refractivity contribution in [1.29, 1.82) is 0 Å². The fourth-order valence-electron chi connectivity index (χ4n) is 3.87. The van der Waals surface area contributed by atoms with Crippen molar-refractivity contribution in [3.05, 3.63) is 0 Å². The van der Waals surface area contributed by atoms with E-state index in [1.54, 1.807) is 0 Å². The smallest absolute Gasteiger partial charge is 0.137 e. The van der Waals surface area contributed by atoms with Gasteiger partial charge < -0.3 is 5.11 Å². The van der Waals surface area contributed by atoms with Gasteiger partial charge >= 0.3 is 0 Å². The van der Waals surface area contributed by atoms with Crippen molar-refractivity contribution in [2.45, 2.75) is 65.3 Å². The van der Waals surface area contributed by atoms with E-state index in [0.29, 0.717) is 17.1 Å². The first kappa shape index (κ1) is 16.0. The molecule has 116 valence electrons. The van der Waals surface area contributed by atoms with Crippen LogP contribution in [0.4, 0.5) is 0 Å². The van der Waals surface area contributed by atoms with E-state index in [4.69, 9.17) is 0 Å². The van der Waals surface area contributed by atoms with Crippen LogP contribution < -0.4 is 0 Å². The van der Waals surface area contributed by atoms with Crippen LogP contribution in [0.25, 0.3) is 0 Å². The molecule has 1 aliphatic heterocycles. The quantitative estimate of drug-likeness (QED) is 0.865. The van der Waals surface area contributed by atoms with Gasteiger partial charge in [-0.25, -0.2) is 0 Å². The number of aliphatic hydroxyl groups is 1. The summed E-state index contributed by atoms with van der Waals surface area (Å²) in [7, 11) is 0. The van der Waals surface area contributed by atoms with Crippen LogP contribution >= 0.6 is 0 Å². The summed E-state index contributed by atoms with van der Waals surface area (Å²) in [4.78, 5) is 14.6. The first-order chi connectivity index (χ1) is 9.41. The summed E-state index contributed by atoms with van der Waals surface area (Å²) in [6.45, 7) is 9.04. The average Bonchev–Trinajstić information content (AvgIpc) is 2.40. The summed E-state index contributed by atoms with van der Waals surface area (Å²) in [5.41, 5.74) is 0.303. The topological polar surface area (TPSA) is 40.5 Å². The predicted octanol–water partition coefficient (Wildman–Crippen LogP) is 2.86. The number of hydrogen-bond donors (Lipinski definition) is 1. The number of Topliss-reactive ketones (excluding diaryl/α,β-unsaturated/α-hetero) is 1. The molecule has 3 unspecified atom stereocenters. The van der Waals surface area contributed by atoms with Gasteiger partial charge in [-0.05, 0) is 43.6 Å². The molecular weight excluding hydrogens is 250 g/mol. The molecule has 0 spiro atoms. The third kappa shape index (κ3) is 3.82. The number of carbonyl (C=O) groups is 1. The third-order valence-corrected chi connectivity index (χ3v) is 5.40. The highest BCUT2D eigenvalue weighted by Crippen LogP contribution is 2.39. The van der Waals surface area contributed by atoms with Gasteiger partial charge in [0.2, 0.25) is 0 Å². The molecule has 0 aromatic rings. The maximum absolute atomic E-state index is 12.2. The number of hydrogen-bond acceptors (Lipinski definition) is 3. The summed E-state index contributed by atoms with van der Waals surface area (Å²) < 4.78 is 0. The first-order valence-corrected chi connectivity index (χ1v) is 8.29. The number of aliphatic hydroxyl groups excluding tert-OH is 1. The second-order valence-corrected chi connectivity index (χ2v) is 7.83. The van der Waals surface area contributed by atoms with Gasteiger partial charge in [-0.2, -0.15) is 0 Å². The van der Waals surface area contributed by atoms with E-state index >= 15 is 0 Å². The Balaban J connectivity index is 1.97. The third-order valence-electron chi connectivity index (χ3n) is 5.40. The number of piperidine rings is 1. The maximum atomic E-state index is 12.2. The molecule has 0 radical (unpaired) electrons. The lowest BCUT2D eigenvalue weighted by atomic mass is 9.68. The molecule has 1 heterocycles. The normalized spacial score (nSPS) is 33.4. The number of likely N-dealkylation sites (tertiary alicyclic amines) is 1. The van der Waals surface area contributed by atoms with Gasteiger partial charge in [0.25, 0.3) is 0 Å². The highest BCUT2D eigenvalue weighted by Gasteiger charge is 2.36. The van der Waals surface area contributed by atoms with Gasteiger partial charge in [0.05, 0.1) is 6.61 Å².